The van der Waals surface area contributed by atoms with Crippen LogP contribution >= 0.6 is 0 Å². The first-order valence-electron chi connectivity index (χ1n) is 7.85. The number of halogens is 1. The van der Waals surface area contributed by atoms with Crippen LogP contribution in [-0.2, 0) is 17.6 Å². The van der Waals surface area contributed by atoms with Crippen molar-refractivity contribution in [2.45, 2.75) is 38.6 Å². The summed E-state index contributed by atoms with van der Waals surface area (Å²) in [5.74, 6) is -1.80. The number of carbonyl (C=O) groups excluding carboxylic acids is 1. The van der Waals surface area contributed by atoms with Gasteiger partial charge in [-0.05, 0) is 38.3 Å². The number of nitrogens with one attached hydrogen (secondary N) is 1. The molecule has 2 N–H and O–H groups in total. The quantitative estimate of drug-likeness (QED) is 0.879. The number of benzene rings is 1. The summed E-state index contributed by atoms with van der Waals surface area (Å²) in [4.78, 5) is 23.2. The molecule has 1 unspecified atom stereocenters. The van der Waals surface area contributed by atoms with E-state index < -0.39 is 23.7 Å². The molecule has 7 heteroatoms. The highest BCUT2D eigenvalue weighted by molar-refractivity contribution is 5.94. The van der Waals surface area contributed by atoms with Crippen LogP contribution in [0.5, 0.6) is 0 Å². The topological polar surface area (TPSA) is 84.2 Å². The van der Waals surface area contributed by atoms with Gasteiger partial charge in [-0.1, -0.05) is 12.1 Å². The highest BCUT2D eigenvalue weighted by Gasteiger charge is 2.28. The van der Waals surface area contributed by atoms with Crippen LogP contribution < -0.4 is 5.32 Å². The molecule has 126 valence electrons. The van der Waals surface area contributed by atoms with Crippen LogP contribution in [0.25, 0.3) is 5.69 Å². The van der Waals surface area contributed by atoms with Crippen molar-refractivity contribution in [1.29, 1.82) is 0 Å². The number of amides is 1. The van der Waals surface area contributed by atoms with Gasteiger partial charge in [-0.2, -0.15) is 5.10 Å². The summed E-state index contributed by atoms with van der Waals surface area (Å²) in [7, 11) is 0. The van der Waals surface area contributed by atoms with Gasteiger partial charge in [0.25, 0.3) is 5.91 Å². The molecule has 0 saturated carbocycles. The maximum absolute atomic E-state index is 14.1. The average Bonchev–Trinajstić information content (AvgIpc) is 3.08. The van der Waals surface area contributed by atoms with Gasteiger partial charge >= 0.3 is 5.97 Å². The van der Waals surface area contributed by atoms with E-state index >= 15 is 0 Å². The molecule has 1 heterocycles. The summed E-state index contributed by atoms with van der Waals surface area (Å²) in [5.41, 5.74) is 2.23. The number of carbonyl (C=O) groups is 2. The molecule has 1 aliphatic rings. The second kappa shape index (κ2) is 6.43. The lowest BCUT2D eigenvalue weighted by atomic mass is 10.1. The number of para-hydroxylation sites is 1. The van der Waals surface area contributed by atoms with E-state index in [9.17, 15) is 14.0 Å². The lowest BCUT2D eigenvalue weighted by Crippen LogP contribution is -2.35. The normalized spacial score (nSPS) is 14.2. The molecule has 3 rings (SSSR count). The minimum atomic E-state index is -0.982. The van der Waals surface area contributed by atoms with E-state index in [0.29, 0.717) is 12.1 Å². The van der Waals surface area contributed by atoms with Crippen molar-refractivity contribution in [3.05, 3.63) is 47.0 Å². The van der Waals surface area contributed by atoms with Crippen LogP contribution in [0.4, 0.5) is 4.39 Å². The number of carboxylic acid groups (broad SMARTS) is 1. The minimum absolute atomic E-state index is 0.165. The summed E-state index contributed by atoms with van der Waals surface area (Å²) in [5, 5.41) is 15.8. The third-order valence-electron chi connectivity index (χ3n) is 4.08. The van der Waals surface area contributed by atoms with E-state index in [0.717, 1.165) is 24.1 Å². The molecule has 0 bridgehead atoms. The van der Waals surface area contributed by atoms with Crippen molar-refractivity contribution in [2.75, 3.05) is 0 Å². The highest BCUT2D eigenvalue weighted by atomic mass is 19.1. The molecule has 2 aromatic rings. The number of hydrogen-bond acceptors (Lipinski definition) is 3. The number of carboxylic acids is 1. The molecule has 1 aliphatic carbocycles. The summed E-state index contributed by atoms with van der Waals surface area (Å²) in [6, 6.07) is 5.79. The molecular weight excluding hydrogens is 313 g/mol. The minimum Gasteiger partial charge on any atom is -0.481 e. The van der Waals surface area contributed by atoms with Gasteiger partial charge in [0.1, 0.15) is 11.5 Å². The van der Waals surface area contributed by atoms with E-state index in [-0.39, 0.29) is 12.1 Å². The molecule has 6 nitrogen and oxygen atoms in total. The number of nitrogens with zero attached hydrogens (tertiary/aromatic N) is 2. The van der Waals surface area contributed by atoms with Crippen molar-refractivity contribution in [3.63, 3.8) is 0 Å². The van der Waals surface area contributed by atoms with Crippen LogP contribution in [0.2, 0.25) is 0 Å². The van der Waals surface area contributed by atoms with Gasteiger partial charge in [0, 0.05) is 17.3 Å². The van der Waals surface area contributed by atoms with Crippen molar-refractivity contribution in [2.24, 2.45) is 0 Å². The van der Waals surface area contributed by atoms with Crippen LogP contribution in [0.1, 0.15) is 41.5 Å². The Kier molecular flexibility index (Phi) is 4.33. The fraction of sp³-hybridized carbons (Fsp3) is 0.353. The monoisotopic (exact) mass is 331 g/mol. The maximum atomic E-state index is 14.1. The standard InChI is InChI=1S/C17H18FN3O3/c1-10(9-15(22)23)19-17(24)16-11-5-4-8-13(11)21(20-16)14-7-3-2-6-12(14)18/h2-3,6-7,10H,4-5,8-9H2,1H3,(H,19,24)(H,22,23). The predicted molar refractivity (Wildman–Crippen MR) is 84.7 cm³/mol. The summed E-state index contributed by atoms with van der Waals surface area (Å²) in [6.45, 7) is 1.63. The Labute approximate surface area is 138 Å². The number of aliphatic carboxylic acids is 1. The zero-order chi connectivity index (χ0) is 17.3. The highest BCUT2D eigenvalue weighted by Crippen LogP contribution is 2.28. The van der Waals surface area contributed by atoms with Gasteiger partial charge in [0.2, 0.25) is 0 Å². The molecule has 1 atom stereocenters. The number of rotatable bonds is 5. The zero-order valence-corrected chi connectivity index (χ0v) is 13.3. The molecule has 24 heavy (non-hydrogen) atoms. The van der Waals surface area contributed by atoms with Crippen LogP contribution in [-0.4, -0.2) is 32.8 Å². The molecule has 0 aliphatic heterocycles. The van der Waals surface area contributed by atoms with Crippen molar-refractivity contribution in [1.82, 2.24) is 15.1 Å². The van der Waals surface area contributed by atoms with Crippen LogP contribution in [0.3, 0.4) is 0 Å². The largest absolute Gasteiger partial charge is 0.481 e. The first kappa shape index (κ1) is 16.2. The molecule has 0 radical (unpaired) electrons. The van der Waals surface area contributed by atoms with Gasteiger partial charge < -0.3 is 10.4 Å². The van der Waals surface area contributed by atoms with E-state index in [2.05, 4.69) is 10.4 Å². The van der Waals surface area contributed by atoms with Crippen LogP contribution in [0, 0.1) is 5.82 Å². The van der Waals surface area contributed by atoms with Gasteiger partial charge in [-0.15, -0.1) is 0 Å². The molecule has 1 aromatic heterocycles. The Morgan fingerprint density at radius 2 is 2.12 bits per heavy atom. The molecule has 1 aromatic carbocycles. The lowest BCUT2D eigenvalue weighted by Gasteiger charge is -2.10. The summed E-state index contributed by atoms with van der Waals surface area (Å²) in [6.07, 6.45) is 2.16. The predicted octanol–water partition coefficient (Wildman–Crippen LogP) is 2.09. The number of hydrogen-bond donors (Lipinski definition) is 2. The zero-order valence-electron chi connectivity index (χ0n) is 13.3. The third-order valence-corrected chi connectivity index (χ3v) is 4.08. The van der Waals surface area contributed by atoms with Gasteiger partial charge in [0.05, 0.1) is 6.42 Å². The van der Waals surface area contributed by atoms with Gasteiger partial charge in [0.15, 0.2) is 5.69 Å². The van der Waals surface area contributed by atoms with E-state index in [1.165, 1.54) is 10.7 Å². The second-order valence-corrected chi connectivity index (χ2v) is 5.96. The molecule has 0 fully saturated rings. The fourth-order valence-corrected chi connectivity index (χ4v) is 3.05. The van der Waals surface area contributed by atoms with Gasteiger partial charge in [-0.25, -0.2) is 9.07 Å². The fourth-order valence-electron chi connectivity index (χ4n) is 3.05. The third kappa shape index (κ3) is 3.02. The molecule has 1 amide bonds. The Morgan fingerprint density at radius 1 is 1.38 bits per heavy atom. The molecule has 0 saturated heterocycles. The smallest absolute Gasteiger partial charge is 0.305 e. The molecular formula is C17H18FN3O3. The van der Waals surface area contributed by atoms with E-state index in [1.807, 2.05) is 0 Å². The Balaban J connectivity index is 1.93. The maximum Gasteiger partial charge on any atom is 0.305 e. The Hall–Kier alpha value is -2.70. The summed E-state index contributed by atoms with van der Waals surface area (Å²) >= 11 is 0. The first-order valence-corrected chi connectivity index (χ1v) is 7.85. The first-order chi connectivity index (χ1) is 11.5. The second-order valence-electron chi connectivity index (χ2n) is 5.96. The van der Waals surface area contributed by atoms with E-state index in [4.69, 9.17) is 5.11 Å². The SMILES string of the molecule is CC(CC(=O)O)NC(=O)c1nn(-c2ccccc2F)c2c1CCC2. The number of aromatic nitrogens is 2. The van der Waals surface area contributed by atoms with Crippen molar-refractivity contribution >= 4 is 11.9 Å². The molecule has 0 spiro atoms. The number of fused-ring (bicyclic) bond motifs is 1. The Morgan fingerprint density at radius 3 is 2.83 bits per heavy atom. The van der Waals surface area contributed by atoms with Crippen LogP contribution in [0.15, 0.2) is 24.3 Å². The van der Waals surface area contributed by atoms with E-state index in [1.54, 1.807) is 25.1 Å². The Bertz CT molecular complexity index is 800. The van der Waals surface area contributed by atoms with Gasteiger partial charge in [-0.3, -0.25) is 9.59 Å². The summed E-state index contributed by atoms with van der Waals surface area (Å²) < 4.78 is 15.6. The van der Waals surface area contributed by atoms with Crippen molar-refractivity contribution < 1.29 is 19.1 Å². The average molecular weight is 331 g/mol. The lowest BCUT2D eigenvalue weighted by molar-refractivity contribution is -0.137. The van der Waals surface area contributed by atoms with Crippen molar-refractivity contribution in [3.8, 4) is 5.69 Å².